The number of nitrogens with zero attached hydrogens (tertiary/aromatic N) is 4. The first-order valence-corrected chi connectivity index (χ1v) is 10.4. The number of hydrogen-bond donors (Lipinski definition) is 2. The first-order valence-electron chi connectivity index (χ1n) is 9.60. The minimum atomic E-state index is -0.255. The first kappa shape index (κ1) is 21.0. The van der Waals surface area contributed by atoms with Crippen molar-refractivity contribution in [1.29, 1.82) is 0 Å². The Bertz CT molecular complexity index is 1200. The van der Waals surface area contributed by atoms with Gasteiger partial charge in [0.25, 0.3) is 0 Å². The molecule has 2 N–H and O–H groups in total. The van der Waals surface area contributed by atoms with Crippen molar-refractivity contribution in [2.75, 3.05) is 10.6 Å². The van der Waals surface area contributed by atoms with Crippen LogP contribution in [0, 0.1) is 12.7 Å². The van der Waals surface area contributed by atoms with Crippen molar-refractivity contribution >= 4 is 40.6 Å². The van der Waals surface area contributed by atoms with E-state index in [4.69, 9.17) is 23.8 Å². The Morgan fingerprint density at radius 1 is 1.00 bits per heavy atom. The second kappa shape index (κ2) is 9.28. The van der Waals surface area contributed by atoms with Gasteiger partial charge in [0, 0.05) is 34.6 Å². The molecular formula is C22H20ClFN6S. The molecule has 0 aliphatic carbocycles. The first-order chi connectivity index (χ1) is 15.0. The Labute approximate surface area is 189 Å². The maximum atomic E-state index is 13.8. The van der Waals surface area contributed by atoms with Crippen LogP contribution in [-0.4, -0.2) is 24.7 Å². The van der Waals surface area contributed by atoms with E-state index >= 15 is 0 Å². The molecule has 158 valence electrons. The van der Waals surface area contributed by atoms with Gasteiger partial charge < -0.3 is 10.6 Å². The minimum Gasteiger partial charge on any atom is -0.316 e. The van der Waals surface area contributed by atoms with Crippen LogP contribution in [0.3, 0.4) is 0 Å². The lowest BCUT2D eigenvalue weighted by molar-refractivity contribution is 0.586. The van der Waals surface area contributed by atoms with Crippen LogP contribution >= 0.6 is 23.8 Å². The van der Waals surface area contributed by atoms with Gasteiger partial charge in [-0.25, -0.2) is 4.39 Å². The molecule has 0 aliphatic rings. The molecule has 4 rings (SSSR count). The minimum absolute atomic E-state index is 0.255. The molecule has 0 atom stereocenters. The van der Waals surface area contributed by atoms with Gasteiger partial charge in [0.1, 0.15) is 5.82 Å². The molecule has 2 heterocycles. The molecule has 9 heteroatoms. The molecule has 0 spiro atoms. The number of aryl methyl sites for hydroxylation is 1. The molecule has 0 bridgehead atoms. The third kappa shape index (κ3) is 5.48. The number of rotatable bonds is 6. The van der Waals surface area contributed by atoms with Gasteiger partial charge >= 0.3 is 0 Å². The van der Waals surface area contributed by atoms with Crippen LogP contribution in [0.15, 0.2) is 66.9 Å². The number of benzene rings is 2. The standard InChI is InChI=1S/C22H20ClFN6S/c1-15-12-21(28-30(15)13-16-6-8-18(23)9-7-16)26-22(31)25-20-10-11-29(27-20)14-17-4-2-3-5-19(17)24/h2-12H,13-14H2,1H3,(H2,25,26,27,28,31). The maximum absolute atomic E-state index is 13.8. The van der Waals surface area contributed by atoms with Crippen molar-refractivity contribution < 1.29 is 4.39 Å². The third-order valence-corrected chi connectivity index (χ3v) is 5.10. The monoisotopic (exact) mass is 454 g/mol. The Morgan fingerprint density at radius 3 is 2.52 bits per heavy atom. The quantitative estimate of drug-likeness (QED) is 0.397. The summed E-state index contributed by atoms with van der Waals surface area (Å²) in [6.45, 7) is 2.95. The zero-order valence-corrected chi connectivity index (χ0v) is 18.3. The fraction of sp³-hybridized carbons (Fsp3) is 0.136. The van der Waals surface area contributed by atoms with Crippen LogP contribution in [0.2, 0.25) is 5.02 Å². The lowest BCUT2D eigenvalue weighted by atomic mass is 10.2. The van der Waals surface area contributed by atoms with Crippen LogP contribution in [-0.2, 0) is 13.1 Å². The van der Waals surface area contributed by atoms with Gasteiger partial charge in [0.05, 0.1) is 13.1 Å². The molecule has 31 heavy (non-hydrogen) atoms. The van der Waals surface area contributed by atoms with Gasteiger partial charge in [-0.3, -0.25) is 9.36 Å². The molecule has 0 fully saturated rings. The van der Waals surface area contributed by atoms with Gasteiger partial charge in [0.2, 0.25) is 0 Å². The molecule has 0 saturated heterocycles. The molecule has 0 saturated carbocycles. The number of nitrogens with one attached hydrogen (secondary N) is 2. The highest BCUT2D eigenvalue weighted by Crippen LogP contribution is 2.15. The average Bonchev–Trinajstić information content (AvgIpc) is 3.31. The van der Waals surface area contributed by atoms with Crippen molar-refractivity contribution in [3.8, 4) is 0 Å². The van der Waals surface area contributed by atoms with Crippen LogP contribution in [0.1, 0.15) is 16.8 Å². The molecule has 0 amide bonds. The van der Waals surface area contributed by atoms with E-state index in [9.17, 15) is 4.39 Å². The third-order valence-electron chi connectivity index (χ3n) is 4.64. The normalized spacial score (nSPS) is 10.8. The summed E-state index contributed by atoms with van der Waals surface area (Å²) in [4.78, 5) is 0. The summed E-state index contributed by atoms with van der Waals surface area (Å²) in [5.41, 5.74) is 2.66. The zero-order chi connectivity index (χ0) is 21.8. The van der Waals surface area contributed by atoms with E-state index in [0.29, 0.717) is 40.4 Å². The molecule has 4 aromatic rings. The Kier molecular flexibility index (Phi) is 6.29. The van der Waals surface area contributed by atoms with Crippen LogP contribution in [0.25, 0.3) is 0 Å². The fourth-order valence-electron chi connectivity index (χ4n) is 3.08. The van der Waals surface area contributed by atoms with Gasteiger partial charge in [-0.1, -0.05) is 41.9 Å². The van der Waals surface area contributed by atoms with E-state index in [1.54, 1.807) is 35.1 Å². The predicted octanol–water partition coefficient (Wildman–Crippen LogP) is 5.09. The number of halogens is 2. The number of hydrogen-bond acceptors (Lipinski definition) is 3. The smallest absolute Gasteiger partial charge is 0.177 e. The van der Waals surface area contributed by atoms with Crippen LogP contribution in [0.4, 0.5) is 16.0 Å². The second-order valence-corrected chi connectivity index (χ2v) is 7.87. The zero-order valence-electron chi connectivity index (χ0n) is 16.7. The average molecular weight is 455 g/mol. The summed E-state index contributed by atoms with van der Waals surface area (Å²) in [5.74, 6) is 0.940. The van der Waals surface area contributed by atoms with Crippen LogP contribution < -0.4 is 10.6 Å². The second-order valence-electron chi connectivity index (χ2n) is 7.02. The van der Waals surface area contributed by atoms with E-state index in [1.165, 1.54) is 6.07 Å². The highest BCUT2D eigenvalue weighted by molar-refractivity contribution is 7.80. The highest BCUT2D eigenvalue weighted by Gasteiger charge is 2.09. The molecule has 2 aromatic carbocycles. The van der Waals surface area contributed by atoms with E-state index in [0.717, 1.165) is 11.3 Å². The molecule has 2 aromatic heterocycles. The van der Waals surface area contributed by atoms with Gasteiger partial charge in [0.15, 0.2) is 16.7 Å². The summed E-state index contributed by atoms with van der Waals surface area (Å²) < 4.78 is 17.4. The van der Waals surface area contributed by atoms with E-state index in [1.807, 2.05) is 41.9 Å². The summed E-state index contributed by atoms with van der Waals surface area (Å²) in [6, 6.07) is 18.0. The SMILES string of the molecule is Cc1cc(NC(=S)Nc2ccn(Cc3ccccc3F)n2)nn1Cc1ccc(Cl)cc1. The Morgan fingerprint density at radius 2 is 1.74 bits per heavy atom. The molecule has 6 nitrogen and oxygen atoms in total. The largest absolute Gasteiger partial charge is 0.316 e. The van der Waals surface area contributed by atoms with E-state index in [-0.39, 0.29) is 5.82 Å². The molecular weight excluding hydrogens is 435 g/mol. The Balaban J connectivity index is 1.35. The maximum Gasteiger partial charge on any atom is 0.177 e. The van der Waals surface area contributed by atoms with E-state index < -0.39 is 0 Å². The van der Waals surface area contributed by atoms with Crippen LogP contribution in [0.5, 0.6) is 0 Å². The van der Waals surface area contributed by atoms with Crippen molar-refractivity contribution in [3.05, 3.63) is 94.5 Å². The fourth-order valence-corrected chi connectivity index (χ4v) is 3.41. The van der Waals surface area contributed by atoms with Crippen molar-refractivity contribution in [2.45, 2.75) is 20.0 Å². The summed E-state index contributed by atoms with van der Waals surface area (Å²) in [6.07, 6.45) is 1.77. The van der Waals surface area contributed by atoms with Crippen molar-refractivity contribution in [1.82, 2.24) is 19.6 Å². The summed E-state index contributed by atoms with van der Waals surface area (Å²) in [5, 5.41) is 16.1. The Hall–Kier alpha value is -3.23. The molecule has 0 aliphatic heterocycles. The van der Waals surface area contributed by atoms with Crippen molar-refractivity contribution in [3.63, 3.8) is 0 Å². The lowest BCUT2D eigenvalue weighted by Gasteiger charge is -2.07. The summed E-state index contributed by atoms with van der Waals surface area (Å²) >= 11 is 11.3. The number of anilines is 2. The van der Waals surface area contributed by atoms with Gasteiger partial charge in [-0.2, -0.15) is 10.2 Å². The summed E-state index contributed by atoms with van der Waals surface area (Å²) in [7, 11) is 0. The number of thiocarbonyl (C=S) groups is 1. The van der Waals surface area contributed by atoms with E-state index in [2.05, 4.69) is 20.8 Å². The molecule has 0 unspecified atom stereocenters. The lowest BCUT2D eigenvalue weighted by Crippen LogP contribution is -2.20. The van der Waals surface area contributed by atoms with Gasteiger partial charge in [-0.15, -0.1) is 0 Å². The van der Waals surface area contributed by atoms with Gasteiger partial charge in [-0.05, 0) is 42.9 Å². The number of aromatic nitrogens is 4. The highest BCUT2D eigenvalue weighted by atomic mass is 35.5. The predicted molar refractivity (Wildman–Crippen MR) is 125 cm³/mol. The molecule has 0 radical (unpaired) electrons. The van der Waals surface area contributed by atoms with Crippen molar-refractivity contribution in [2.24, 2.45) is 0 Å². The topological polar surface area (TPSA) is 59.7 Å².